The second-order valence-corrected chi connectivity index (χ2v) is 9.40. The van der Waals surface area contributed by atoms with Crippen LogP contribution in [-0.4, -0.2) is 45.0 Å². The molecule has 1 aliphatic rings. The van der Waals surface area contributed by atoms with Crippen LogP contribution < -0.4 is 0 Å². The lowest BCUT2D eigenvalue weighted by Crippen LogP contribution is -2.09. The molecule has 1 fully saturated rings. The highest BCUT2D eigenvalue weighted by molar-refractivity contribution is 7.90. The monoisotopic (exact) mass is 402 g/mol. The molecule has 1 saturated carbocycles. The van der Waals surface area contributed by atoms with Gasteiger partial charge in [-0.15, -0.1) is 10.2 Å². The first kappa shape index (κ1) is 19.0. The number of H-pyrrole nitrogens is 1. The number of sulfonamides is 1. The topological polar surface area (TPSA) is 105 Å². The summed E-state index contributed by atoms with van der Waals surface area (Å²) in [4.78, 5) is 7.51. The van der Waals surface area contributed by atoms with Crippen LogP contribution in [0.4, 0.5) is 0 Å². The fourth-order valence-electron chi connectivity index (χ4n) is 4.25. The highest BCUT2D eigenvalue weighted by atomic mass is 32.2. The van der Waals surface area contributed by atoms with Crippen molar-refractivity contribution in [3.63, 3.8) is 0 Å². The normalized spacial score (nSPS) is 23.4. The Labute approximate surface area is 164 Å². The molecule has 3 heterocycles. The van der Waals surface area contributed by atoms with E-state index < -0.39 is 10.0 Å². The maximum Gasteiger partial charge on any atom is 0.252 e. The Balaban J connectivity index is 1.62. The van der Waals surface area contributed by atoms with E-state index in [9.17, 15) is 8.42 Å². The van der Waals surface area contributed by atoms with Crippen molar-refractivity contribution in [2.24, 2.45) is 16.2 Å². The number of fused-ring (bicyclic) bond motifs is 3. The summed E-state index contributed by atoms with van der Waals surface area (Å²) in [7, 11) is -3.36. The fraction of sp³-hybridized carbons (Fsp3) is 0.579. The van der Waals surface area contributed by atoms with Gasteiger partial charge in [-0.25, -0.2) is 13.4 Å². The molecule has 1 N–H and O–H groups in total. The molecule has 3 aromatic heterocycles. The van der Waals surface area contributed by atoms with E-state index in [1.807, 2.05) is 19.2 Å². The minimum atomic E-state index is -3.36. The van der Waals surface area contributed by atoms with Crippen LogP contribution in [0.1, 0.15) is 57.7 Å². The van der Waals surface area contributed by atoms with Crippen LogP contribution in [0.15, 0.2) is 22.9 Å². The Morgan fingerprint density at radius 3 is 2.96 bits per heavy atom. The maximum atomic E-state index is 12.1. The van der Waals surface area contributed by atoms with Crippen molar-refractivity contribution in [2.75, 3.05) is 5.75 Å². The highest BCUT2D eigenvalue weighted by Crippen LogP contribution is 2.44. The SMILES string of the molecule is CCCCS(=O)(=O)N=CC1C[C@@H](CC)[C@@H](c2nnc3cnc4[nH]ccc4n23)C1. The summed E-state index contributed by atoms with van der Waals surface area (Å²) in [6, 6.07) is 1.98. The molecular formula is C19H26N6O2S. The number of nitrogens with zero attached hydrogens (tertiary/aromatic N) is 5. The largest absolute Gasteiger partial charge is 0.345 e. The molecule has 0 amide bonds. The van der Waals surface area contributed by atoms with Gasteiger partial charge in [-0.3, -0.25) is 4.40 Å². The lowest BCUT2D eigenvalue weighted by atomic mass is 9.93. The van der Waals surface area contributed by atoms with Crippen molar-refractivity contribution in [3.8, 4) is 0 Å². The Morgan fingerprint density at radius 2 is 2.18 bits per heavy atom. The molecule has 0 saturated heterocycles. The summed E-state index contributed by atoms with van der Waals surface area (Å²) in [5.41, 5.74) is 2.50. The summed E-state index contributed by atoms with van der Waals surface area (Å²) in [6.45, 7) is 4.15. The Bertz CT molecular complexity index is 1100. The van der Waals surface area contributed by atoms with Gasteiger partial charge in [-0.1, -0.05) is 26.7 Å². The van der Waals surface area contributed by atoms with E-state index in [4.69, 9.17) is 0 Å². The summed E-state index contributed by atoms with van der Waals surface area (Å²) in [5, 5.41) is 8.80. The number of nitrogens with one attached hydrogen (secondary N) is 1. The van der Waals surface area contributed by atoms with Crippen molar-refractivity contribution in [2.45, 2.75) is 51.9 Å². The molecule has 0 aliphatic heterocycles. The van der Waals surface area contributed by atoms with E-state index in [-0.39, 0.29) is 17.6 Å². The zero-order chi connectivity index (χ0) is 19.7. The molecule has 0 bridgehead atoms. The molecule has 3 atom stereocenters. The Kier molecular flexibility index (Phi) is 5.18. The molecule has 0 spiro atoms. The molecule has 0 aromatic carbocycles. The minimum absolute atomic E-state index is 0.126. The zero-order valence-electron chi connectivity index (χ0n) is 16.2. The Hall–Kier alpha value is -2.29. The van der Waals surface area contributed by atoms with Gasteiger partial charge >= 0.3 is 0 Å². The van der Waals surface area contributed by atoms with Crippen molar-refractivity contribution in [1.82, 2.24) is 24.6 Å². The van der Waals surface area contributed by atoms with Crippen LogP contribution in [0.25, 0.3) is 16.8 Å². The van der Waals surface area contributed by atoms with Crippen molar-refractivity contribution >= 4 is 33.0 Å². The van der Waals surface area contributed by atoms with Gasteiger partial charge in [0.2, 0.25) is 0 Å². The van der Waals surface area contributed by atoms with E-state index in [0.717, 1.165) is 48.3 Å². The van der Waals surface area contributed by atoms with Gasteiger partial charge in [0.15, 0.2) is 11.3 Å². The predicted molar refractivity (Wildman–Crippen MR) is 109 cm³/mol. The molecular weight excluding hydrogens is 376 g/mol. The van der Waals surface area contributed by atoms with Crippen LogP contribution in [0.2, 0.25) is 0 Å². The number of rotatable bonds is 7. The quantitative estimate of drug-likeness (QED) is 0.610. The average Bonchev–Trinajstić information content (AvgIpc) is 3.40. The number of hydrogen-bond donors (Lipinski definition) is 1. The summed E-state index contributed by atoms with van der Waals surface area (Å²) >= 11 is 0. The Morgan fingerprint density at radius 1 is 1.32 bits per heavy atom. The van der Waals surface area contributed by atoms with Gasteiger partial charge in [-0.05, 0) is 37.2 Å². The van der Waals surface area contributed by atoms with Gasteiger partial charge in [0.05, 0.1) is 17.5 Å². The average molecular weight is 403 g/mol. The summed E-state index contributed by atoms with van der Waals surface area (Å²) in [6.07, 6.45) is 9.51. The van der Waals surface area contributed by atoms with E-state index in [2.05, 4.69) is 35.9 Å². The van der Waals surface area contributed by atoms with Gasteiger partial charge < -0.3 is 4.98 Å². The van der Waals surface area contributed by atoms with Crippen molar-refractivity contribution in [3.05, 3.63) is 24.3 Å². The van der Waals surface area contributed by atoms with Crippen LogP contribution in [-0.2, 0) is 10.0 Å². The standard InChI is InChI=1S/C19H26N6O2S/c1-3-5-8-28(26,27)22-11-13-9-14(4-2)15(10-13)19-24-23-17-12-21-18-16(25(17)19)6-7-20-18/h6-7,11-15,20H,3-5,8-10H2,1-2H3/t13?,14-,15+/m1/s1. The highest BCUT2D eigenvalue weighted by Gasteiger charge is 2.36. The maximum absolute atomic E-state index is 12.1. The number of unbranched alkanes of at least 4 members (excludes halogenated alkanes) is 1. The minimum Gasteiger partial charge on any atom is -0.345 e. The smallest absolute Gasteiger partial charge is 0.252 e. The van der Waals surface area contributed by atoms with Gasteiger partial charge in [0.25, 0.3) is 10.0 Å². The molecule has 8 nitrogen and oxygen atoms in total. The summed E-state index contributed by atoms with van der Waals surface area (Å²) < 4.78 is 30.2. The van der Waals surface area contributed by atoms with Crippen LogP contribution in [0.5, 0.6) is 0 Å². The molecule has 4 rings (SSSR count). The van der Waals surface area contributed by atoms with E-state index in [1.54, 1.807) is 12.4 Å². The third-order valence-electron chi connectivity index (χ3n) is 5.74. The first-order valence-corrected chi connectivity index (χ1v) is 11.6. The third kappa shape index (κ3) is 3.55. The second kappa shape index (κ2) is 7.62. The molecule has 9 heteroatoms. The lowest BCUT2D eigenvalue weighted by molar-refractivity contribution is 0.450. The van der Waals surface area contributed by atoms with Crippen molar-refractivity contribution < 1.29 is 8.42 Å². The molecule has 28 heavy (non-hydrogen) atoms. The predicted octanol–water partition coefficient (Wildman–Crippen LogP) is 3.33. The van der Waals surface area contributed by atoms with E-state index in [0.29, 0.717) is 12.3 Å². The molecule has 1 aliphatic carbocycles. The molecule has 0 radical (unpaired) electrons. The third-order valence-corrected chi connectivity index (χ3v) is 6.99. The van der Waals surface area contributed by atoms with Gasteiger partial charge in [0.1, 0.15) is 5.82 Å². The second-order valence-electron chi connectivity index (χ2n) is 7.62. The number of aromatic amines is 1. The first-order valence-electron chi connectivity index (χ1n) is 9.97. The van der Waals surface area contributed by atoms with Crippen LogP contribution in [0, 0.1) is 11.8 Å². The van der Waals surface area contributed by atoms with Crippen LogP contribution >= 0.6 is 0 Å². The van der Waals surface area contributed by atoms with Crippen LogP contribution in [0.3, 0.4) is 0 Å². The molecule has 3 aromatic rings. The fourth-order valence-corrected chi connectivity index (χ4v) is 5.37. The van der Waals surface area contributed by atoms with E-state index >= 15 is 0 Å². The zero-order valence-corrected chi connectivity index (χ0v) is 17.1. The van der Waals surface area contributed by atoms with Gasteiger partial charge in [0, 0.05) is 18.3 Å². The number of hydrogen-bond acceptors (Lipinski definition) is 5. The van der Waals surface area contributed by atoms with Gasteiger partial charge in [-0.2, -0.15) is 4.40 Å². The lowest BCUT2D eigenvalue weighted by Gasteiger charge is -2.16. The first-order chi connectivity index (χ1) is 13.5. The molecule has 1 unspecified atom stereocenters. The van der Waals surface area contributed by atoms with Crippen molar-refractivity contribution in [1.29, 1.82) is 0 Å². The summed E-state index contributed by atoms with van der Waals surface area (Å²) in [5.74, 6) is 1.83. The molecule has 150 valence electrons. The number of aromatic nitrogens is 5. The van der Waals surface area contributed by atoms with E-state index in [1.165, 1.54) is 0 Å².